The summed E-state index contributed by atoms with van der Waals surface area (Å²) in [6.07, 6.45) is 0. The molecular formula is C15H17NOS2. The minimum absolute atomic E-state index is 0.0983. The van der Waals surface area contributed by atoms with Crippen LogP contribution in [0.5, 0.6) is 0 Å². The SMILES string of the molecule is CC(SCC(=O)NCc1cccs1)c1ccccc1. The summed E-state index contributed by atoms with van der Waals surface area (Å²) in [6, 6.07) is 14.3. The van der Waals surface area contributed by atoms with Gasteiger partial charge in [0.1, 0.15) is 0 Å². The van der Waals surface area contributed by atoms with Gasteiger partial charge in [0, 0.05) is 10.1 Å². The van der Waals surface area contributed by atoms with Gasteiger partial charge in [0.25, 0.3) is 0 Å². The Morgan fingerprint density at radius 1 is 1.26 bits per heavy atom. The van der Waals surface area contributed by atoms with Crippen molar-refractivity contribution in [3.8, 4) is 0 Å². The number of rotatable bonds is 6. The van der Waals surface area contributed by atoms with Crippen LogP contribution in [0.4, 0.5) is 0 Å². The Kier molecular flexibility index (Phi) is 5.48. The smallest absolute Gasteiger partial charge is 0.230 e. The minimum Gasteiger partial charge on any atom is -0.350 e. The normalized spacial score (nSPS) is 12.1. The fraction of sp³-hybridized carbons (Fsp3) is 0.267. The van der Waals surface area contributed by atoms with Gasteiger partial charge in [0.2, 0.25) is 5.91 Å². The van der Waals surface area contributed by atoms with Crippen LogP contribution in [0, 0.1) is 0 Å². The first-order chi connectivity index (χ1) is 9.25. The highest BCUT2D eigenvalue weighted by Gasteiger charge is 2.08. The molecular weight excluding hydrogens is 274 g/mol. The van der Waals surface area contributed by atoms with Gasteiger partial charge in [-0.1, -0.05) is 36.4 Å². The lowest BCUT2D eigenvalue weighted by Gasteiger charge is -2.11. The van der Waals surface area contributed by atoms with Crippen molar-refractivity contribution in [2.75, 3.05) is 5.75 Å². The van der Waals surface area contributed by atoms with Gasteiger partial charge in [-0.15, -0.1) is 23.1 Å². The van der Waals surface area contributed by atoms with E-state index in [1.54, 1.807) is 23.1 Å². The molecule has 0 bridgehead atoms. The van der Waals surface area contributed by atoms with Gasteiger partial charge in [-0.05, 0) is 23.9 Å². The van der Waals surface area contributed by atoms with Crippen molar-refractivity contribution in [2.45, 2.75) is 18.7 Å². The predicted octanol–water partition coefficient (Wildman–Crippen LogP) is 3.86. The summed E-state index contributed by atoms with van der Waals surface area (Å²) in [6.45, 7) is 2.77. The molecule has 0 fully saturated rings. The average Bonchev–Trinajstić information content (AvgIpc) is 2.96. The average molecular weight is 291 g/mol. The second-order valence-electron chi connectivity index (χ2n) is 4.22. The van der Waals surface area contributed by atoms with Gasteiger partial charge in [-0.3, -0.25) is 4.79 Å². The van der Waals surface area contributed by atoms with Crippen molar-refractivity contribution in [1.29, 1.82) is 0 Å². The van der Waals surface area contributed by atoms with Crippen LogP contribution < -0.4 is 5.32 Å². The lowest BCUT2D eigenvalue weighted by Crippen LogP contribution is -2.24. The molecule has 2 aromatic rings. The zero-order chi connectivity index (χ0) is 13.5. The van der Waals surface area contributed by atoms with Crippen molar-refractivity contribution in [1.82, 2.24) is 5.32 Å². The molecule has 1 aromatic carbocycles. The molecule has 2 nitrogen and oxygen atoms in total. The maximum atomic E-state index is 11.7. The summed E-state index contributed by atoms with van der Waals surface area (Å²) in [4.78, 5) is 12.9. The van der Waals surface area contributed by atoms with E-state index < -0.39 is 0 Å². The van der Waals surface area contributed by atoms with E-state index in [1.807, 2.05) is 35.7 Å². The lowest BCUT2D eigenvalue weighted by molar-refractivity contribution is -0.118. The van der Waals surface area contributed by atoms with E-state index in [4.69, 9.17) is 0 Å². The summed E-state index contributed by atoms with van der Waals surface area (Å²) in [5.74, 6) is 0.600. The molecule has 1 amide bonds. The third-order valence-corrected chi connectivity index (χ3v) is 4.85. The van der Waals surface area contributed by atoms with Gasteiger partial charge in [-0.25, -0.2) is 0 Å². The second kappa shape index (κ2) is 7.36. The number of hydrogen-bond donors (Lipinski definition) is 1. The van der Waals surface area contributed by atoms with Crippen molar-refractivity contribution < 1.29 is 4.79 Å². The van der Waals surface area contributed by atoms with E-state index in [0.717, 1.165) is 0 Å². The van der Waals surface area contributed by atoms with Gasteiger partial charge in [-0.2, -0.15) is 0 Å². The van der Waals surface area contributed by atoms with Crippen molar-refractivity contribution in [3.63, 3.8) is 0 Å². The van der Waals surface area contributed by atoms with Gasteiger partial charge < -0.3 is 5.32 Å². The maximum Gasteiger partial charge on any atom is 0.230 e. The van der Waals surface area contributed by atoms with Crippen LogP contribution in [0.15, 0.2) is 47.8 Å². The third-order valence-electron chi connectivity index (χ3n) is 2.77. The topological polar surface area (TPSA) is 29.1 Å². The monoisotopic (exact) mass is 291 g/mol. The summed E-state index contributed by atoms with van der Waals surface area (Å²) in [5, 5.41) is 5.31. The van der Waals surface area contributed by atoms with E-state index >= 15 is 0 Å². The summed E-state index contributed by atoms with van der Waals surface area (Å²) in [7, 11) is 0. The van der Waals surface area contributed by atoms with Crippen molar-refractivity contribution >= 4 is 29.0 Å². The van der Waals surface area contributed by atoms with Crippen LogP contribution >= 0.6 is 23.1 Å². The molecule has 1 aromatic heterocycles. The van der Waals surface area contributed by atoms with Crippen LogP contribution in [0.1, 0.15) is 22.6 Å². The van der Waals surface area contributed by atoms with E-state index in [0.29, 0.717) is 17.5 Å². The Bertz CT molecular complexity index is 496. The predicted molar refractivity (Wildman–Crippen MR) is 83.5 cm³/mol. The van der Waals surface area contributed by atoms with Crippen molar-refractivity contribution in [3.05, 3.63) is 58.3 Å². The second-order valence-corrected chi connectivity index (χ2v) is 6.58. The fourth-order valence-electron chi connectivity index (χ4n) is 1.67. The van der Waals surface area contributed by atoms with E-state index in [1.165, 1.54) is 10.4 Å². The summed E-state index contributed by atoms with van der Waals surface area (Å²) < 4.78 is 0. The third kappa shape index (κ3) is 4.73. The lowest BCUT2D eigenvalue weighted by atomic mass is 10.2. The molecule has 4 heteroatoms. The van der Waals surface area contributed by atoms with Crippen LogP contribution in [-0.2, 0) is 11.3 Å². The molecule has 0 spiro atoms. The summed E-state index contributed by atoms with van der Waals surface area (Å²) in [5.41, 5.74) is 1.26. The Balaban J connectivity index is 1.71. The Morgan fingerprint density at radius 3 is 2.74 bits per heavy atom. The molecule has 0 radical (unpaired) electrons. The maximum absolute atomic E-state index is 11.7. The number of thioether (sulfide) groups is 1. The zero-order valence-corrected chi connectivity index (χ0v) is 12.5. The Labute approximate surface area is 122 Å². The molecule has 100 valence electrons. The van der Waals surface area contributed by atoms with Crippen LogP contribution in [-0.4, -0.2) is 11.7 Å². The highest BCUT2D eigenvalue weighted by Crippen LogP contribution is 2.27. The first-order valence-corrected chi connectivity index (χ1v) is 8.14. The number of carbonyl (C=O) groups is 1. The van der Waals surface area contributed by atoms with E-state index in [-0.39, 0.29) is 5.91 Å². The molecule has 19 heavy (non-hydrogen) atoms. The highest BCUT2D eigenvalue weighted by atomic mass is 32.2. The molecule has 1 N–H and O–H groups in total. The molecule has 1 atom stereocenters. The molecule has 1 unspecified atom stereocenters. The van der Waals surface area contributed by atoms with Crippen LogP contribution in [0.2, 0.25) is 0 Å². The quantitative estimate of drug-likeness (QED) is 0.875. The number of benzene rings is 1. The Morgan fingerprint density at radius 2 is 2.05 bits per heavy atom. The Hall–Kier alpha value is -1.26. The van der Waals surface area contributed by atoms with Crippen LogP contribution in [0.25, 0.3) is 0 Å². The van der Waals surface area contributed by atoms with Crippen LogP contribution in [0.3, 0.4) is 0 Å². The molecule has 1 heterocycles. The molecule has 0 saturated carbocycles. The zero-order valence-electron chi connectivity index (χ0n) is 10.8. The molecule has 0 saturated heterocycles. The highest BCUT2D eigenvalue weighted by molar-refractivity contribution is 8.00. The standard InChI is InChI=1S/C15H17NOS2/c1-12(13-6-3-2-4-7-13)19-11-15(17)16-10-14-8-5-9-18-14/h2-9,12H,10-11H2,1H3,(H,16,17). The first-order valence-electron chi connectivity index (χ1n) is 6.21. The van der Waals surface area contributed by atoms with Gasteiger partial charge in [0.15, 0.2) is 0 Å². The molecule has 2 rings (SSSR count). The number of carbonyl (C=O) groups excluding carboxylic acids is 1. The van der Waals surface area contributed by atoms with E-state index in [2.05, 4.69) is 24.4 Å². The number of nitrogens with one attached hydrogen (secondary N) is 1. The molecule has 0 aliphatic carbocycles. The largest absolute Gasteiger partial charge is 0.350 e. The van der Waals surface area contributed by atoms with E-state index in [9.17, 15) is 4.79 Å². The van der Waals surface area contributed by atoms with Gasteiger partial charge in [0.05, 0.1) is 12.3 Å². The molecule has 0 aliphatic rings. The number of thiophene rings is 1. The fourth-order valence-corrected chi connectivity index (χ4v) is 3.17. The van der Waals surface area contributed by atoms with Gasteiger partial charge >= 0.3 is 0 Å². The van der Waals surface area contributed by atoms with Crippen molar-refractivity contribution in [2.24, 2.45) is 0 Å². The first kappa shape index (κ1) is 14.2. The minimum atomic E-state index is 0.0983. The molecule has 0 aliphatic heterocycles. The number of hydrogen-bond acceptors (Lipinski definition) is 3. The number of amides is 1. The summed E-state index contributed by atoms with van der Waals surface area (Å²) >= 11 is 3.33.